The smallest absolute Gasteiger partial charge is 0.126 e. The topological polar surface area (TPSA) is 31.4 Å². The summed E-state index contributed by atoms with van der Waals surface area (Å²) in [5.74, 6) is 0.969. The van der Waals surface area contributed by atoms with Crippen molar-refractivity contribution >= 4 is 11.5 Å². The van der Waals surface area contributed by atoms with Crippen LogP contribution in [-0.2, 0) is 12.8 Å². The summed E-state index contributed by atoms with van der Waals surface area (Å²) in [4.78, 5) is 9.76. The van der Waals surface area contributed by atoms with Crippen LogP contribution in [0, 0.1) is 0 Å². The second-order valence-corrected chi connectivity index (χ2v) is 9.38. The predicted octanol–water partition coefficient (Wildman–Crippen LogP) is 5.64. The first-order chi connectivity index (χ1) is 16.4. The molecule has 0 amide bonds. The minimum absolute atomic E-state index is 0.969. The fourth-order valence-corrected chi connectivity index (χ4v) is 5.28. The molecule has 5 rings (SSSR count). The van der Waals surface area contributed by atoms with E-state index in [2.05, 4.69) is 80.8 Å². The molecule has 1 aliphatic heterocycles. The van der Waals surface area contributed by atoms with Crippen molar-refractivity contribution in [1.29, 1.82) is 0 Å². The molecule has 1 saturated heterocycles. The molecule has 4 nitrogen and oxygen atoms in total. The first-order valence-corrected chi connectivity index (χ1v) is 12.7. The number of fused-ring (bicyclic) bond motifs is 1. The van der Waals surface area contributed by atoms with Gasteiger partial charge in [0.2, 0.25) is 0 Å². The molecule has 0 atom stereocenters. The highest BCUT2D eigenvalue weighted by molar-refractivity contribution is 5.66. The number of rotatable bonds is 8. The molecule has 0 unspecified atom stereocenters. The summed E-state index contributed by atoms with van der Waals surface area (Å²) >= 11 is 0. The number of hydrogen-bond donors (Lipinski definition) is 1. The Bertz CT molecular complexity index is 1020. The van der Waals surface area contributed by atoms with E-state index < -0.39 is 0 Å². The Kier molecular flexibility index (Phi) is 7.22. The average Bonchev–Trinajstić information content (AvgIpc) is 2.89. The summed E-state index contributed by atoms with van der Waals surface area (Å²) in [5.41, 5.74) is 7.19. The van der Waals surface area contributed by atoms with Crippen molar-refractivity contribution in [2.75, 3.05) is 49.5 Å². The summed E-state index contributed by atoms with van der Waals surface area (Å²) in [7, 11) is 0. The Labute approximate surface area is 198 Å². The first-order valence-electron chi connectivity index (χ1n) is 12.7. The number of piperazine rings is 1. The molecule has 0 saturated carbocycles. The predicted molar refractivity (Wildman–Crippen MR) is 139 cm³/mol. The molecular formula is C29H36N4. The molecule has 3 aromatic rings. The lowest BCUT2D eigenvalue weighted by molar-refractivity contribution is 0.253. The van der Waals surface area contributed by atoms with E-state index in [-0.39, 0.29) is 0 Å². The highest BCUT2D eigenvalue weighted by atomic mass is 15.3. The lowest BCUT2D eigenvalue weighted by atomic mass is 9.90. The number of aromatic nitrogens is 1. The summed E-state index contributed by atoms with van der Waals surface area (Å²) in [5, 5.41) is 3.51. The van der Waals surface area contributed by atoms with E-state index in [0.717, 1.165) is 25.5 Å². The van der Waals surface area contributed by atoms with Crippen molar-refractivity contribution < 1.29 is 0 Å². The number of nitrogens with zero attached hydrogens (tertiary/aromatic N) is 3. The van der Waals surface area contributed by atoms with Crippen molar-refractivity contribution in [1.82, 2.24) is 9.88 Å². The molecule has 1 aliphatic carbocycles. The highest BCUT2D eigenvalue weighted by Gasteiger charge is 2.21. The van der Waals surface area contributed by atoms with Crippen LogP contribution < -0.4 is 10.2 Å². The summed E-state index contributed by atoms with van der Waals surface area (Å²) in [6.07, 6.45) is 9.53. The maximum atomic E-state index is 4.49. The quantitative estimate of drug-likeness (QED) is 0.459. The summed E-state index contributed by atoms with van der Waals surface area (Å²) < 4.78 is 0. The van der Waals surface area contributed by atoms with Crippen LogP contribution in [0.2, 0.25) is 0 Å². The lowest BCUT2D eigenvalue weighted by Crippen LogP contribution is -2.47. The fourth-order valence-electron chi connectivity index (χ4n) is 5.28. The van der Waals surface area contributed by atoms with Crippen LogP contribution in [0.25, 0.3) is 11.1 Å². The normalized spacial score (nSPS) is 16.4. The number of hydrogen-bond acceptors (Lipinski definition) is 4. The Morgan fingerprint density at radius 1 is 0.788 bits per heavy atom. The number of aryl methyl sites for hydroxylation is 1. The van der Waals surface area contributed by atoms with Gasteiger partial charge in [0.1, 0.15) is 5.82 Å². The number of benzene rings is 2. The van der Waals surface area contributed by atoms with E-state index >= 15 is 0 Å². The van der Waals surface area contributed by atoms with E-state index in [1.165, 1.54) is 75.0 Å². The van der Waals surface area contributed by atoms with Gasteiger partial charge in [0.05, 0.1) is 0 Å². The van der Waals surface area contributed by atoms with E-state index in [1.807, 2.05) is 6.20 Å². The van der Waals surface area contributed by atoms with E-state index in [4.69, 9.17) is 0 Å². The minimum atomic E-state index is 0.969. The summed E-state index contributed by atoms with van der Waals surface area (Å²) in [6, 6.07) is 21.7. The first kappa shape index (κ1) is 22.0. The molecule has 2 heterocycles. The largest absolute Gasteiger partial charge is 0.370 e. The SMILES string of the molecule is c1ccc(-c2ccnc(NCCCCN3CCN(c4cccc5c4CCCC5)CC3)c2)cc1. The van der Waals surface area contributed by atoms with E-state index in [9.17, 15) is 0 Å². The number of anilines is 2. The van der Waals surface area contributed by atoms with Crippen LogP contribution in [0.5, 0.6) is 0 Å². The molecular weight excluding hydrogens is 404 g/mol. The van der Waals surface area contributed by atoms with Gasteiger partial charge in [-0.15, -0.1) is 0 Å². The van der Waals surface area contributed by atoms with E-state index in [0.29, 0.717) is 0 Å². The van der Waals surface area contributed by atoms with Gasteiger partial charge in [0, 0.05) is 44.6 Å². The molecule has 4 heteroatoms. The number of unbranched alkanes of at least 4 members (excludes halogenated alkanes) is 1. The van der Waals surface area contributed by atoms with Crippen molar-refractivity contribution in [2.45, 2.75) is 38.5 Å². The molecule has 0 radical (unpaired) electrons. The van der Waals surface area contributed by atoms with Crippen LogP contribution >= 0.6 is 0 Å². The zero-order chi connectivity index (χ0) is 22.3. The Balaban J connectivity index is 1.03. The van der Waals surface area contributed by atoms with Gasteiger partial charge in [-0.3, -0.25) is 4.90 Å². The van der Waals surface area contributed by atoms with Gasteiger partial charge in [0.15, 0.2) is 0 Å². The van der Waals surface area contributed by atoms with Crippen LogP contribution in [0.3, 0.4) is 0 Å². The maximum absolute atomic E-state index is 4.49. The number of nitrogens with one attached hydrogen (secondary N) is 1. The Morgan fingerprint density at radius 2 is 1.64 bits per heavy atom. The third-order valence-corrected chi connectivity index (χ3v) is 7.16. The van der Waals surface area contributed by atoms with Gasteiger partial charge in [-0.25, -0.2) is 4.98 Å². The van der Waals surface area contributed by atoms with Crippen molar-refractivity contribution in [3.63, 3.8) is 0 Å². The Morgan fingerprint density at radius 3 is 2.52 bits per heavy atom. The summed E-state index contributed by atoms with van der Waals surface area (Å²) in [6.45, 7) is 6.84. The molecule has 1 fully saturated rings. The molecule has 2 aromatic carbocycles. The second-order valence-electron chi connectivity index (χ2n) is 9.38. The molecule has 0 spiro atoms. The van der Waals surface area contributed by atoms with Crippen LogP contribution in [0.1, 0.15) is 36.8 Å². The van der Waals surface area contributed by atoms with E-state index in [1.54, 1.807) is 11.1 Å². The molecule has 2 aliphatic rings. The van der Waals surface area contributed by atoms with Crippen molar-refractivity contribution in [3.8, 4) is 11.1 Å². The molecule has 0 bridgehead atoms. The van der Waals surface area contributed by atoms with Crippen LogP contribution in [-0.4, -0.2) is 49.2 Å². The van der Waals surface area contributed by atoms with Gasteiger partial charge in [0.25, 0.3) is 0 Å². The molecule has 1 N–H and O–H groups in total. The molecule has 33 heavy (non-hydrogen) atoms. The minimum Gasteiger partial charge on any atom is -0.370 e. The number of pyridine rings is 1. The third-order valence-electron chi connectivity index (χ3n) is 7.16. The average molecular weight is 441 g/mol. The van der Waals surface area contributed by atoms with Crippen LogP contribution in [0.4, 0.5) is 11.5 Å². The van der Waals surface area contributed by atoms with Gasteiger partial charge in [-0.2, -0.15) is 0 Å². The van der Waals surface area contributed by atoms with Gasteiger partial charge < -0.3 is 10.2 Å². The van der Waals surface area contributed by atoms with Gasteiger partial charge >= 0.3 is 0 Å². The fraction of sp³-hybridized carbons (Fsp3) is 0.414. The lowest BCUT2D eigenvalue weighted by Gasteiger charge is -2.38. The standard InChI is InChI=1S/C29H36N4/c1-2-9-24(10-3-1)26-15-17-31-29(23-26)30-16-6-7-18-32-19-21-33(22-20-32)28-14-8-12-25-11-4-5-13-27(25)28/h1-3,8-10,12,14-15,17,23H,4-7,11,13,16,18-22H2,(H,30,31). The highest BCUT2D eigenvalue weighted by Crippen LogP contribution is 2.31. The van der Waals surface area contributed by atoms with Crippen molar-refractivity contribution in [3.05, 3.63) is 78.0 Å². The van der Waals surface area contributed by atoms with Gasteiger partial charge in [-0.1, -0.05) is 42.5 Å². The van der Waals surface area contributed by atoms with Gasteiger partial charge in [-0.05, 0) is 85.5 Å². The molecule has 1 aromatic heterocycles. The maximum Gasteiger partial charge on any atom is 0.126 e. The third kappa shape index (κ3) is 5.56. The molecule has 172 valence electrons. The zero-order valence-electron chi connectivity index (χ0n) is 19.7. The van der Waals surface area contributed by atoms with Crippen LogP contribution in [0.15, 0.2) is 66.9 Å². The second kappa shape index (κ2) is 10.8. The monoisotopic (exact) mass is 440 g/mol. The van der Waals surface area contributed by atoms with Crippen molar-refractivity contribution in [2.24, 2.45) is 0 Å². The zero-order valence-corrected chi connectivity index (χ0v) is 19.7. The Hall–Kier alpha value is -2.85.